The number of cyclic esters (lactones) is 1. The van der Waals surface area contributed by atoms with Gasteiger partial charge in [-0.15, -0.1) is 0 Å². The van der Waals surface area contributed by atoms with E-state index in [2.05, 4.69) is 11.1 Å². The van der Waals surface area contributed by atoms with E-state index in [9.17, 15) is 9.59 Å². The second-order valence-electron chi connectivity index (χ2n) is 5.70. The first-order chi connectivity index (χ1) is 12.4. The minimum Gasteiger partial charge on any atom is -0.427 e. The van der Waals surface area contributed by atoms with Crippen molar-refractivity contribution in [3.63, 3.8) is 0 Å². The van der Waals surface area contributed by atoms with Gasteiger partial charge in [-0.2, -0.15) is 5.26 Å². The molecule has 0 N–H and O–H groups in total. The number of aliphatic imine (C=N–C) groups is 1. The average molecular weight is 349 g/mol. The highest BCUT2D eigenvalue weighted by Gasteiger charge is 2.25. The zero-order valence-electron chi connectivity index (χ0n) is 14.4. The van der Waals surface area contributed by atoms with Gasteiger partial charge in [0.15, 0.2) is 5.70 Å². The van der Waals surface area contributed by atoms with Crippen LogP contribution in [0, 0.1) is 18.3 Å². The number of hydrogen-bond donors (Lipinski definition) is 0. The standard InChI is InChI=1S/C19H15N3O4/c1-11-14(8-15(10-20)22(11)3)9-17-19(24)26-18(21-17)13-4-6-16(7-5-13)25-12(2)23/h4-9H,1-3H3. The first-order valence-electron chi connectivity index (χ1n) is 7.77. The van der Waals surface area contributed by atoms with Gasteiger partial charge in [-0.3, -0.25) is 4.79 Å². The van der Waals surface area contributed by atoms with Gasteiger partial charge < -0.3 is 14.0 Å². The first kappa shape index (κ1) is 17.2. The lowest BCUT2D eigenvalue weighted by molar-refractivity contribution is -0.132. The summed E-state index contributed by atoms with van der Waals surface area (Å²) in [6.07, 6.45) is 1.60. The van der Waals surface area contributed by atoms with Crippen LogP contribution in [0.3, 0.4) is 0 Å². The molecule has 1 aliphatic heterocycles. The van der Waals surface area contributed by atoms with Crippen molar-refractivity contribution < 1.29 is 19.1 Å². The summed E-state index contributed by atoms with van der Waals surface area (Å²) in [5.41, 5.74) is 2.80. The van der Waals surface area contributed by atoms with E-state index in [0.29, 0.717) is 17.0 Å². The Bertz CT molecular complexity index is 1000. The molecule has 0 aliphatic carbocycles. The third kappa shape index (κ3) is 3.26. The minimum atomic E-state index is -0.564. The number of esters is 2. The fraction of sp³-hybridized carbons (Fsp3) is 0.158. The van der Waals surface area contributed by atoms with E-state index in [1.807, 2.05) is 6.92 Å². The molecule has 1 aliphatic rings. The number of benzene rings is 1. The van der Waals surface area contributed by atoms with Gasteiger partial charge in [0.1, 0.15) is 17.5 Å². The van der Waals surface area contributed by atoms with Crippen LogP contribution in [0.25, 0.3) is 6.08 Å². The molecule has 130 valence electrons. The molecule has 0 spiro atoms. The van der Waals surface area contributed by atoms with Crippen molar-refractivity contribution >= 4 is 23.9 Å². The van der Waals surface area contributed by atoms with Gasteiger partial charge in [0.05, 0.1) is 0 Å². The van der Waals surface area contributed by atoms with Crippen LogP contribution in [0.4, 0.5) is 0 Å². The fourth-order valence-corrected chi connectivity index (χ4v) is 2.49. The van der Waals surface area contributed by atoms with Gasteiger partial charge in [-0.05, 0) is 48.9 Å². The van der Waals surface area contributed by atoms with Crippen molar-refractivity contribution in [3.05, 3.63) is 58.5 Å². The summed E-state index contributed by atoms with van der Waals surface area (Å²) >= 11 is 0. The lowest BCUT2D eigenvalue weighted by Gasteiger charge is -2.02. The molecule has 0 unspecified atom stereocenters. The van der Waals surface area contributed by atoms with E-state index in [1.54, 1.807) is 48.0 Å². The molecular weight excluding hydrogens is 334 g/mol. The summed E-state index contributed by atoms with van der Waals surface area (Å²) in [5.74, 6) is -0.413. The molecule has 7 nitrogen and oxygen atoms in total. The van der Waals surface area contributed by atoms with E-state index in [1.165, 1.54) is 6.92 Å². The number of nitrogens with zero attached hydrogens (tertiary/aromatic N) is 3. The summed E-state index contributed by atoms with van der Waals surface area (Å²) in [6, 6.07) is 10.3. The number of hydrogen-bond acceptors (Lipinski definition) is 6. The molecule has 1 aromatic heterocycles. The molecular formula is C19H15N3O4. The van der Waals surface area contributed by atoms with E-state index in [4.69, 9.17) is 14.7 Å². The maximum Gasteiger partial charge on any atom is 0.363 e. The van der Waals surface area contributed by atoms with Crippen molar-refractivity contribution in [2.24, 2.45) is 12.0 Å². The van der Waals surface area contributed by atoms with Crippen LogP contribution in [0.15, 0.2) is 41.0 Å². The van der Waals surface area contributed by atoms with Crippen LogP contribution < -0.4 is 4.74 Å². The third-order valence-electron chi connectivity index (χ3n) is 3.96. The fourth-order valence-electron chi connectivity index (χ4n) is 2.49. The average Bonchev–Trinajstić information content (AvgIpc) is 3.10. The molecule has 1 aromatic carbocycles. The molecule has 0 atom stereocenters. The monoisotopic (exact) mass is 349 g/mol. The zero-order valence-corrected chi connectivity index (χ0v) is 14.4. The van der Waals surface area contributed by atoms with Crippen molar-refractivity contribution in [2.75, 3.05) is 0 Å². The quantitative estimate of drug-likeness (QED) is 0.482. The van der Waals surface area contributed by atoms with Gasteiger partial charge >= 0.3 is 11.9 Å². The second-order valence-corrected chi connectivity index (χ2v) is 5.70. The number of ether oxygens (including phenoxy) is 2. The highest BCUT2D eigenvalue weighted by Crippen LogP contribution is 2.23. The summed E-state index contributed by atoms with van der Waals surface area (Å²) in [5, 5.41) is 9.09. The maximum atomic E-state index is 12.1. The van der Waals surface area contributed by atoms with Crippen molar-refractivity contribution in [1.82, 2.24) is 4.57 Å². The van der Waals surface area contributed by atoms with E-state index in [-0.39, 0.29) is 11.6 Å². The topological polar surface area (TPSA) is 93.7 Å². The smallest absolute Gasteiger partial charge is 0.363 e. The second kappa shape index (κ2) is 6.69. The lowest BCUT2D eigenvalue weighted by atomic mass is 10.2. The Labute approximate surface area is 149 Å². The van der Waals surface area contributed by atoms with Crippen LogP contribution in [0.2, 0.25) is 0 Å². The van der Waals surface area contributed by atoms with Gasteiger partial charge in [0.2, 0.25) is 5.90 Å². The van der Waals surface area contributed by atoms with Gasteiger partial charge in [-0.25, -0.2) is 9.79 Å². The molecule has 2 aromatic rings. The Morgan fingerprint density at radius 2 is 2.04 bits per heavy atom. The lowest BCUT2D eigenvalue weighted by Crippen LogP contribution is -2.06. The highest BCUT2D eigenvalue weighted by molar-refractivity contribution is 6.12. The summed E-state index contributed by atoms with van der Waals surface area (Å²) in [4.78, 5) is 27.3. The molecule has 0 amide bonds. The number of nitriles is 1. The molecule has 26 heavy (non-hydrogen) atoms. The van der Waals surface area contributed by atoms with Gasteiger partial charge in [0.25, 0.3) is 0 Å². The number of aromatic nitrogens is 1. The molecule has 0 fully saturated rings. The predicted octanol–water partition coefficient (Wildman–Crippen LogP) is 2.48. The zero-order chi connectivity index (χ0) is 18.8. The van der Waals surface area contributed by atoms with Gasteiger partial charge in [-0.1, -0.05) is 0 Å². The number of carbonyl (C=O) groups is 2. The van der Waals surface area contributed by atoms with E-state index in [0.717, 1.165) is 11.3 Å². The highest BCUT2D eigenvalue weighted by atomic mass is 16.6. The van der Waals surface area contributed by atoms with E-state index < -0.39 is 11.9 Å². The van der Waals surface area contributed by atoms with Crippen LogP contribution in [-0.4, -0.2) is 22.4 Å². The van der Waals surface area contributed by atoms with Crippen LogP contribution in [0.5, 0.6) is 5.75 Å². The minimum absolute atomic E-state index is 0.155. The molecule has 0 bridgehead atoms. The van der Waals surface area contributed by atoms with Crippen molar-refractivity contribution in [1.29, 1.82) is 5.26 Å². The Hall–Kier alpha value is -3.66. The molecule has 0 saturated carbocycles. The first-order valence-corrected chi connectivity index (χ1v) is 7.77. The number of rotatable bonds is 3. The van der Waals surface area contributed by atoms with Crippen molar-refractivity contribution in [3.8, 4) is 11.8 Å². The Morgan fingerprint density at radius 3 is 2.62 bits per heavy atom. The van der Waals surface area contributed by atoms with Crippen LogP contribution >= 0.6 is 0 Å². The maximum absolute atomic E-state index is 12.1. The van der Waals surface area contributed by atoms with Crippen LogP contribution in [0.1, 0.15) is 29.4 Å². The molecule has 7 heteroatoms. The Kier molecular flexibility index (Phi) is 4.42. The molecule has 0 saturated heterocycles. The molecule has 2 heterocycles. The predicted molar refractivity (Wildman–Crippen MR) is 93.2 cm³/mol. The molecule has 0 radical (unpaired) electrons. The molecule has 3 rings (SSSR count). The largest absolute Gasteiger partial charge is 0.427 e. The summed E-state index contributed by atoms with van der Waals surface area (Å²) in [6.45, 7) is 3.17. The van der Waals surface area contributed by atoms with E-state index >= 15 is 0 Å². The normalized spacial score (nSPS) is 14.8. The third-order valence-corrected chi connectivity index (χ3v) is 3.96. The summed E-state index contributed by atoms with van der Waals surface area (Å²) < 4.78 is 11.9. The summed E-state index contributed by atoms with van der Waals surface area (Å²) in [7, 11) is 1.78. The Morgan fingerprint density at radius 1 is 1.35 bits per heavy atom. The van der Waals surface area contributed by atoms with Crippen LogP contribution in [-0.2, 0) is 21.4 Å². The SMILES string of the molecule is CC(=O)Oc1ccc(C2=NC(=Cc3cc(C#N)n(C)c3C)C(=O)O2)cc1. The number of carbonyl (C=O) groups excluding carboxylic acids is 2. The van der Waals surface area contributed by atoms with Crippen molar-refractivity contribution in [2.45, 2.75) is 13.8 Å². The van der Waals surface area contributed by atoms with Gasteiger partial charge in [0, 0.05) is 25.2 Å². The Balaban J connectivity index is 1.90.